The molecule has 2 aromatic rings. The zero-order valence-corrected chi connectivity index (χ0v) is 19.1. The Kier molecular flexibility index (Phi) is 7.53. The Morgan fingerprint density at radius 2 is 1.61 bits per heavy atom. The summed E-state index contributed by atoms with van der Waals surface area (Å²) in [5, 5.41) is 16.3. The third-order valence-electron chi connectivity index (χ3n) is 5.22. The van der Waals surface area contributed by atoms with Gasteiger partial charge >= 0.3 is 6.09 Å². The highest BCUT2D eigenvalue weighted by Gasteiger charge is 2.40. The predicted molar refractivity (Wildman–Crippen MR) is 125 cm³/mol. The first-order valence-corrected chi connectivity index (χ1v) is 11.0. The molecule has 33 heavy (non-hydrogen) atoms. The molecule has 2 amide bonds. The highest BCUT2D eigenvalue weighted by atomic mass is 16.6. The number of aryl methyl sites for hydroxylation is 1. The predicted octanol–water partition coefficient (Wildman–Crippen LogP) is 3.63. The summed E-state index contributed by atoms with van der Waals surface area (Å²) in [5.41, 5.74) is 0.810. The lowest BCUT2D eigenvalue weighted by Crippen LogP contribution is -2.42. The number of hydrogen-bond donors (Lipinski definition) is 3. The van der Waals surface area contributed by atoms with E-state index in [9.17, 15) is 19.5 Å². The number of ether oxygens (including phenoxy) is 1. The molecule has 0 radical (unpaired) electrons. The summed E-state index contributed by atoms with van der Waals surface area (Å²) in [6, 6.07) is 17.1. The van der Waals surface area contributed by atoms with Crippen LogP contribution in [-0.4, -0.2) is 40.6 Å². The molecular formula is C26H30N2O5. The number of rotatable bonds is 7. The van der Waals surface area contributed by atoms with E-state index >= 15 is 0 Å². The lowest BCUT2D eigenvalue weighted by atomic mass is 9.97. The van der Waals surface area contributed by atoms with Crippen LogP contribution in [0.2, 0.25) is 0 Å². The maximum Gasteiger partial charge on any atom is 0.408 e. The third-order valence-corrected chi connectivity index (χ3v) is 5.22. The summed E-state index contributed by atoms with van der Waals surface area (Å²) in [5.74, 6) is -1.58. The van der Waals surface area contributed by atoms with Crippen LogP contribution < -0.4 is 10.6 Å². The molecule has 3 N–H and O–H groups in total. The van der Waals surface area contributed by atoms with E-state index < -0.39 is 41.2 Å². The van der Waals surface area contributed by atoms with E-state index in [1.54, 1.807) is 20.8 Å². The lowest BCUT2D eigenvalue weighted by molar-refractivity contribution is -0.117. The number of ketones is 1. The normalized spacial score (nSPS) is 18.5. The van der Waals surface area contributed by atoms with Gasteiger partial charge in [0.1, 0.15) is 16.9 Å². The molecule has 0 spiro atoms. The number of nitrogens with one attached hydrogen (secondary N) is 2. The van der Waals surface area contributed by atoms with Gasteiger partial charge in [0.25, 0.3) is 5.91 Å². The van der Waals surface area contributed by atoms with Crippen molar-refractivity contribution in [3.63, 3.8) is 0 Å². The zero-order valence-electron chi connectivity index (χ0n) is 19.1. The molecule has 2 atom stereocenters. The van der Waals surface area contributed by atoms with Crippen molar-refractivity contribution in [3.05, 3.63) is 83.1 Å². The minimum absolute atomic E-state index is 0.185. The highest BCUT2D eigenvalue weighted by Crippen LogP contribution is 2.21. The van der Waals surface area contributed by atoms with Crippen LogP contribution in [0, 0.1) is 0 Å². The van der Waals surface area contributed by atoms with Crippen molar-refractivity contribution in [1.82, 2.24) is 10.6 Å². The molecule has 1 aliphatic rings. The summed E-state index contributed by atoms with van der Waals surface area (Å²) >= 11 is 0. The van der Waals surface area contributed by atoms with E-state index in [1.165, 1.54) is 0 Å². The third kappa shape index (κ3) is 6.68. The largest absolute Gasteiger partial charge is 0.509 e. The van der Waals surface area contributed by atoms with Crippen molar-refractivity contribution >= 4 is 17.8 Å². The van der Waals surface area contributed by atoms with E-state index in [0.29, 0.717) is 12.8 Å². The van der Waals surface area contributed by atoms with Gasteiger partial charge in [-0.1, -0.05) is 60.7 Å². The second kappa shape index (κ2) is 10.3. The Labute approximate surface area is 193 Å². The second-order valence-electron chi connectivity index (χ2n) is 9.06. The Hall–Kier alpha value is -3.61. The number of carbonyl (C=O) groups excluding carboxylic acids is 3. The van der Waals surface area contributed by atoms with Gasteiger partial charge in [-0.15, -0.1) is 0 Å². The van der Waals surface area contributed by atoms with Crippen molar-refractivity contribution in [2.24, 2.45) is 0 Å². The molecule has 3 rings (SSSR count). The second-order valence-corrected chi connectivity index (χ2v) is 9.06. The zero-order chi connectivity index (χ0) is 24.0. The van der Waals surface area contributed by atoms with Gasteiger partial charge in [-0.25, -0.2) is 4.79 Å². The Morgan fingerprint density at radius 3 is 2.18 bits per heavy atom. The van der Waals surface area contributed by atoms with E-state index in [2.05, 4.69) is 10.6 Å². The molecule has 0 saturated carbocycles. The van der Waals surface area contributed by atoms with Crippen LogP contribution in [0.4, 0.5) is 4.79 Å². The number of aliphatic hydroxyl groups is 1. The molecule has 174 valence electrons. The SMILES string of the molecule is CC(C)(C)OC(=O)NC(Cc1ccccc1)/C(O)=C1\C(=O)NC(CCc2ccccc2)C1=O. The summed E-state index contributed by atoms with van der Waals surface area (Å²) in [7, 11) is 0. The van der Waals surface area contributed by atoms with Crippen LogP contribution in [0.5, 0.6) is 0 Å². The number of benzene rings is 2. The van der Waals surface area contributed by atoms with Crippen LogP contribution in [0.15, 0.2) is 72.0 Å². The average Bonchev–Trinajstić information content (AvgIpc) is 3.04. The van der Waals surface area contributed by atoms with Gasteiger partial charge in [0, 0.05) is 6.42 Å². The van der Waals surface area contributed by atoms with Crippen molar-refractivity contribution in [2.75, 3.05) is 0 Å². The summed E-state index contributed by atoms with van der Waals surface area (Å²) in [4.78, 5) is 38.0. The first kappa shape index (κ1) is 24.0. The number of carbonyl (C=O) groups is 3. The standard InChI is InChI=1S/C26H30N2O5/c1-26(2,3)33-25(32)28-20(16-18-12-8-5-9-13-18)23(30)21-22(29)19(27-24(21)31)15-14-17-10-6-4-7-11-17/h4-13,19-20,30H,14-16H2,1-3H3,(H,27,31)(H,28,32)/b23-21+. The average molecular weight is 451 g/mol. The molecule has 7 heteroatoms. The number of hydrogen-bond acceptors (Lipinski definition) is 5. The van der Waals surface area contributed by atoms with Gasteiger partial charge < -0.3 is 20.5 Å². The van der Waals surface area contributed by atoms with E-state index in [1.807, 2.05) is 60.7 Å². The van der Waals surface area contributed by atoms with Crippen LogP contribution >= 0.6 is 0 Å². The van der Waals surface area contributed by atoms with Crippen LogP contribution in [0.25, 0.3) is 0 Å². The first-order chi connectivity index (χ1) is 15.6. The van der Waals surface area contributed by atoms with Gasteiger partial charge in [-0.05, 0) is 44.7 Å². The van der Waals surface area contributed by atoms with Crippen LogP contribution in [0.3, 0.4) is 0 Å². The number of amides is 2. The van der Waals surface area contributed by atoms with Crippen LogP contribution in [-0.2, 0) is 27.2 Å². The maximum absolute atomic E-state index is 13.0. The topological polar surface area (TPSA) is 105 Å². The van der Waals surface area contributed by atoms with E-state index in [4.69, 9.17) is 4.74 Å². The van der Waals surface area contributed by atoms with Crippen molar-refractivity contribution in [1.29, 1.82) is 0 Å². The number of alkyl carbamates (subject to hydrolysis) is 1. The fourth-order valence-electron chi connectivity index (χ4n) is 3.67. The minimum Gasteiger partial charge on any atom is -0.509 e. The Morgan fingerprint density at radius 1 is 1.03 bits per heavy atom. The van der Waals surface area contributed by atoms with Gasteiger partial charge in [0.15, 0.2) is 5.78 Å². The fraction of sp³-hybridized carbons (Fsp3) is 0.346. The summed E-state index contributed by atoms with van der Waals surface area (Å²) in [6.45, 7) is 5.17. The fourth-order valence-corrected chi connectivity index (χ4v) is 3.67. The van der Waals surface area contributed by atoms with Gasteiger partial charge in [0.05, 0.1) is 12.1 Å². The smallest absolute Gasteiger partial charge is 0.408 e. The molecule has 0 bridgehead atoms. The Bertz CT molecular complexity index is 1030. The van der Waals surface area contributed by atoms with E-state index in [0.717, 1.165) is 11.1 Å². The maximum atomic E-state index is 13.0. The lowest BCUT2D eigenvalue weighted by Gasteiger charge is -2.24. The van der Waals surface area contributed by atoms with Crippen molar-refractivity contribution in [2.45, 2.75) is 57.7 Å². The molecule has 1 aliphatic heterocycles. The first-order valence-electron chi connectivity index (χ1n) is 11.0. The van der Waals surface area contributed by atoms with Crippen molar-refractivity contribution < 1.29 is 24.2 Å². The molecule has 2 unspecified atom stereocenters. The monoisotopic (exact) mass is 450 g/mol. The molecule has 1 heterocycles. The quantitative estimate of drug-likeness (QED) is 0.339. The van der Waals surface area contributed by atoms with Crippen LogP contribution in [0.1, 0.15) is 38.3 Å². The van der Waals surface area contributed by atoms with Gasteiger partial charge in [0.2, 0.25) is 0 Å². The summed E-state index contributed by atoms with van der Waals surface area (Å²) < 4.78 is 5.31. The molecule has 1 saturated heterocycles. The Balaban J connectivity index is 1.81. The molecular weight excluding hydrogens is 420 g/mol. The van der Waals surface area contributed by atoms with Gasteiger partial charge in [-0.3, -0.25) is 9.59 Å². The van der Waals surface area contributed by atoms with Crippen molar-refractivity contribution in [3.8, 4) is 0 Å². The molecule has 1 fully saturated rings. The molecule has 7 nitrogen and oxygen atoms in total. The van der Waals surface area contributed by atoms with E-state index in [-0.39, 0.29) is 12.0 Å². The van der Waals surface area contributed by atoms with Gasteiger partial charge in [-0.2, -0.15) is 0 Å². The molecule has 0 aromatic heterocycles. The highest BCUT2D eigenvalue weighted by molar-refractivity contribution is 6.27. The number of aliphatic hydroxyl groups excluding tert-OH is 1. The molecule has 2 aromatic carbocycles. The minimum atomic E-state index is -1.00. The summed E-state index contributed by atoms with van der Waals surface area (Å²) in [6.07, 6.45) is 0.454. The number of Topliss-reactive ketones (excluding diaryl/α,β-unsaturated/α-hetero) is 1. The molecule has 0 aliphatic carbocycles.